The molecule has 2 rings (SSSR count). The first-order valence-electron chi connectivity index (χ1n) is 7.80. The quantitative estimate of drug-likeness (QED) is 0.143. The summed E-state index contributed by atoms with van der Waals surface area (Å²) in [4.78, 5) is 3.12. The third kappa shape index (κ3) is 6.30. The Labute approximate surface area is 182 Å². The van der Waals surface area contributed by atoms with Crippen LogP contribution in [-0.2, 0) is 20.2 Å². The van der Waals surface area contributed by atoms with E-state index in [1.807, 2.05) is 0 Å². The van der Waals surface area contributed by atoms with Gasteiger partial charge in [0.2, 0.25) is 0 Å². The number of amidine groups is 1. The normalized spacial score (nSPS) is 12.7. The van der Waals surface area contributed by atoms with E-state index >= 15 is 0 Å². The van der Waals surface area contributed by atoms with Crippen LogP contribution in [0.2, 0.25) is 5.02 Å². The topological polar surface area (TPSA) is 157 Å². The maximum atomic E-state index is 11.8. The summed E-state index contributed by atoms with van der Waals surface area (Å²) in [6.07, 6.45) is 5.85. The second-order valence-electron chi connectivity index (χ2n) is 5.55. The van der Waals surface area contributed by atoms with Gasteiger partial charge in [0, 0.05) is 5.02 Å². The maximum absolute atomic E-state index is 11.8. The Morgan fingerprint density at radius 1 is 1.07 bits per heavy atom. The molecule has 30 heavy (non-hydrogen) atoms. The Kier molecular flexibility index (Phi) is 7.64. The van der Waals surface area contributed by atoms with Crippen LogP contribution in [0.15, 0.2) is 51.2 Å². The van der Waals surface area contributed by atoms with Crippen molar-refractivity contribution in [2.24, 2.45) is 4.99 Å². The molecule has 0 spiro atoms. The minimum absolute atomic E-state index is 0.0339. The lowest BCUT2D eigenvalue weighted by atomic mass is 10.1. The standard InChI is InChI=1S/C17H14ClN3O6S3/c1-28-17(20-10-19)21-14-7-5-12(16(9-14)30(25,26)27)3-2-11-4-6-13(18)8-15(11)29(22,23)24/h2-9H,1H3,(H,20,21)(H,22,23,24)(H,25,26,27). The largest absolute Gasteiger partial charge is 0.295 e. The predicted molar refractivity (Wildman–Crippen MR) is 116 cm³/mol. The smallest absolute Gasteiger partial charge is 0.282 e. The minimum Gasteiger partial charge on any atom is -0.282 e. The highest BCUT2D eigenvalue weighted by Crippen LogP contribution is 2.27. The second-order valence-corrected chi connectivity index (χ2v) is 9.56. The second kappa shape index (κ2) is 9.61. The van der Waals surface area contributed by atoms with Gasteiger partial charge in [-0.2, -0.15) is 22.1 Å². The first-order valence-corrected chi connectivity index (χ1v) is 12.3. The molecule has 13 heteroatoms. The number of nitrogens with zero attached hydrogens (tertiary/aromatic N) is 2. The third-order valence-electron chi connectivity index (χ3n) is 3.56. The number of hydrogen-bond acceptors (Lipinski definition) is 7. The van der Waals surface area contributed by atoms with Crippen LogP contribution in [0.1, 0.15) is 11.1 Å². The van der Waals surface area contributed by atoms with E-state index in [0.717, 1.165) is 23.9 Å². The molecule has 3 N–H and O–H groups in total. The molecule has 0 saturated carbocycles. The first kappa shape index (κ1) is 23.9. The summed E-state index contributed by atoms with van der Waals surface area (Å²) in [6.45, 7) is 0. The van der Waals surface area contributed by atoms with Crippen molar-refractivity contribution in [1.29, 1.82) is 5.26 Å². The molecule has 0 aliphatic carbocycles. The van der Waals surface area contributed by atoms with Gasteiger partial charge < -0.3 is 0 Å². The van der Waals surface area contributed by atoms with Crippen LogP contribution in [0.3, 0.4) is 0 Å². The fourth-order valence-electron chi connectivity index (χ4n) is 2.29. The Bertz CT molecular complexity index is 1280. The summed E-state index contributed by atoms with van der Waals surface area (Å²) in [7, 11) is -9.25. The van der Waals surface area contributed by atoms with Gasteiger partial charge in [0.1, 0.15) is 9.79 Å². The molecular weight excluding hydrogens is 474 g/mol. The van der Waals surface area contributed by atoms with E-state index in [9.17, 15) is 25.9 Å². The number of rotatable bonds is 5. The average molecular weight is 488 g/mol. The van der Waals surface area contributed by atoms with Crippen LogP contribution in [0, 0.1) is 11.5 Å². The Morgan fingerprint density at radius 2 is 1.60 bits per heavy atom. The van der Waals surface area contributed by atoms with Crippen molar-refractivity contribution < 1.29 is 25.9 Å². The summed E-state index contributed by atoms with van der Waals surface area (Å²) in [5.41, 5.74) is 0.233. The van der Waals surface area contributed by atoms with Gasteiger partial charge >= 0.3 is 0 Å². The van der Waals surface area contributed by atoms with E-state index in [0.29, 0.717) is 0 Å². The van der Waals surface area contributed by atoms with Crippen LogP contribution >= 0.6 is 23.4 Å². The van der Waals surface area contributed by atoms with Crippen molar-refractivity contribution >= 4 is 66.6 Å². The van der Waals surface area contributed by atoms with Crippen LogP contribution < -0.4 is 5.32 Å². The van der Waals surface area contributed by atoms with Crippen molar-refractivity contribution in [2.45, 2.75) is 9.79 Å². The molecule has 0 saturated heterocycles. The number of thioether (sulfide) groups is 1. The van der Waals surface area contributed by atoms with Crippen LogP contribution in [0.4, 0.5) is 5.69 Å². The van der Waals surface area contributed by atoms with Crippen molar-refractivity contribution in [1.82, 2.24) is 5.32 Å². The lowest BCUT2D eigenvalue weighted by Crippen LogP contribution is -2.12. The summed E-state index contributed by atoms with van der Waals surface area (Å²) < 4.78 is 65.7. The molecule has 0 heterocycles. The highest BCUT2D eigenvalue weighted by molar-refractivity contribution is 8.13. The van der Waals surface area contributed by atoms with Gasteiger partial charge in [-0.25, -0.2) is 4.99 Å². The van der Waals surface area contributed by atoms with Gasteiger partial charge in [0.15, 0.2) is 11.4 Å². The Hall–Kier alpha value is -2.40. The zero-order chi connectivity index (χ0) is 22.5. The van der Waals surface area contributed by atoms with Gasteiger partial charge in [-0.05, 0) is 41.6 Å². The minimum atomic E-state index is -4.66. The van der Waals surface area contributed by atoms with E-state index in [1.165, 1.54) is 36.4 Å². The number of hydrogen-bond donors (Lipinski definition) is 3. The number of halogens is 1. The molecule has 0 aromatic heterocycles. The Balaban J connectivity index is 2.58. The first-order chi connectivity index (χ1) is 14.0. The van der Waals surface area contributed by atoms with Gasteiger partial charge in [-0.1, -0.05) is 47.6 Å². The van der Waals surface area contributed by atoms with E-state index in [-0.39, 0.29) is 27.0 Å². The molecule has 9 nitrogen and oxygen atoms in total. The number of benzene rings is 2. The fraction of sp³-hybridized carbons (Fsp3) is 0.0588. The third-order valence-corrected chi connectivity index (χ3v) is 6.19. The summed E-state index contributed by atoms with van der Waals surface area (Å²) >= 11 is 6.89. The molecule has 2 aromatic carbocycles. The van der Waals surface area contributed by atoms with Gasteiger partial charge in [0.05, 0.1) is 5.69 Å². The molecule has 0 amide bonds. The van der Waals surface area contributed by atoms with Gasteiger partial charge in [-0.15, -0.1) is 0 Å². The molecule has 0 fully saturated rings. The molecule has 0 bridgehead atoms. The van der Waals surface area contributed by atoms with Crippen molar-refractivity contribution in [3.8, 4) is 6.19 Å². The molecule has 0 aliphatic heterocycles. The summed E-state index contributed by atoms with van der Waals surface area (Å²) in [6, 6.07) is 7.64. The SMILES string of the molecule is CSC(=Nc1ccc(C=Cc2ccc(Cl)cc2S(=O)(=O)O)c(S(=O)(=O)O)c1)NC#N. The highest BCUT2D eigenvalue weighted by Gasteiger charge is 2.17. The van der Waals surface area contributed by atoms with E-state index in [1.54, 1.807) is 12.4 Å². The monoisotopic (exact) mass is 487 g/mol. The molecule has 0 unspecified atom stereocenters. The van der Waals surface area contributed by atoms with Gasteiger partial charge in [0.25, 0.3) is 20.2 Å². The van der Waals surface area contributed by atoms with Crippen molar-refractivity contribution in [3.05, 3.63) is 52.5 Å². The average Bonchev–Trinajstić information content (AvgIpc) is 2.65. The van der Waals surface area contributed by atoms with E-state index in [2.05, 4.69) is 10.3 Å². The molecule has 158 valence electrons. The van der Waals surface area contributed by atoms with Crippen LogP contribution in [0.5, 0.6) is 0 Å². The van der Waals surface area contributed by atoms with Gasteiger partial charge in [-0.3, -0.25) is 14.4 Å². The Morgan fingerprint density at radius 3 is 2.10 bits per heavy atom. The lowest BCUT2D eigenvalue weighted by molar-refractivity contribution is 0.480. The molecule has 2 aromatic rings. The molecule has 0 atom stereocenters. The summed E-state index contributed by atoms with van der Waals surface area (Å²) in [5.74, 6) is 0. The fourth-order valence-corrected chi connectivity index (χ4v) is 4.29. The zero-order valence-corrected chi connectivity index (χ0v) is 18.3. The molecular formula is C17H14ClN3O6S3. The van der Waals surface area contributed by atoms with Crippen LogP contribution in [-0.4, -0.2) is 37.4 Å². The number of aliphatic imine (C=N–C) groups is 1. The zero-order valence-electron chi connectivity index (χ0n) is 15.1. The van der Waals surface area contributed by atoms with Crippen molar-refractivity contribution in [3.63, 3.8) is 0 Å². The van der Waals surface area contributed by atoms with E-state index < -0.39 is 30.0 Å². The highest BCUT2D eigenvalue weighted by atomic mass is 35.5. The van der Waals surface area contributed by atoms with Crippen LogP contribution in [0.25, 0.3) is 12.2 Å². The molecule has 0 radical (unpaired) electrons. The number of nitriles is 1. The predicted octanol–water partition coefficient (Wildman–Crippen LogP) is 3.42. The maximum Gasteiger partial charge on any atom is 0.295 e. The van der Waals surface area contributed by atoms with Crippen molar-refractivity contribution in [2.75, 3.05) is 6.26 Å². The molecule has 0 aliphatic rings. The summed E-state index contributed by atoms with van der Waals surface area (Å²) in [5, 5.41) is 11.3. The van der Waals surface area contributed by atoms with E-state index in [4.69, 9.17) is 16.9 Å². The lowest BCUT2D eigenvalue weighted by Gasteiger charge is -2.07. The number of nitrogens with one attached hydrogen (secondary N) is 1.